The van der Waals surface area contributed by atoms with E-state index in [4.69, 9.17) is 14.7 Å². The summed E-state index contributed by atoms with van der Waals surface area (Å²) < 4.78 is 19.9. The molecule has 0 aliphatic carbocycles. The van der Waals surface area contributed by atoms with Crippen molar-refractivity contribution >= 4 is 26.1 Å². The fourth-order valence-corrected chi connectivity index (χ4v) is 0.986. The maximum Gasteiger partial charge on any atom is 0.407 e. The summed E-state index contributed by atoms with van der Waals surface area (Å²) >= 11 is 1.77. The summed E-state index contributed by atoms with van der Waals surface area (Å²) in [5.74, 6) is 0. The molecule has 0 radical (unpaired) electrons. The standard InChI is InChI=1S/C7H8S.CH6O5P2/c1-8-7-5-3-2-4-6-7;1-7(2,3)8(4,5)6/h2-6H,1H3;1H3,(H,2,3)(H2,4,5,6). The Hall–Kier alpha value is -0.0900. The molecule has 0 aromatic heterocycles. The van der Waals surface area contributed by atoms with E-state index in [0.29, 0.717) is 6.66 Å². The lowest BCUT2D eigenvalue weighted by molar-refractivity contribution is 0.378. The van der Waals surface area contributed by atoms with Crippen LogP contribution in [-0.4, -0.2) is 27.6 Å². The van der Waals surface area contributed by atoms with Gasteiger partial charge in [0.2, 0.25) is 0 Å². The molecule has 0 saturated carbocycles. The van der Waals surface area contributed by atoms with Crippen LogP contribution in [0.3, 0.4) is 0 Å². The molecule has 92 valence electrons. The highest BCUT2D eigenvalue weighted by molar-refractivity contribution is 8.28. The predicted octanol–water partition coefficient (Wildman–Crippen LogP) is 2.39. The van der Waals surface area contributed by atoms with Crippen LogP contribution in [0.25, 0.3) is 0 Å². The average molecular weight is 284 g/mol. The molecule has 8 heteroatoms. The molecule has 1 atom stereocenters. The van der Waals surface area contributed by atoms with Crippen LogP contribution in [0.15, 0.2) is 35.2 Å². The van der Waals surface area contributed by atoms with Crippen molar-refractivity contribution in [2.24, 2.45) is 0 Å². The van der Waals surface area contributed by atoms with Gasteiger partial charge in [-0.1, -0.05) is 18.2 Å². The molecule has 0 spiro atoms. The fraction of sp³-hybridized carbons (Fsp3) is 0.250. The Morgan fingerprint density at radius 3 is 1.62 bits per heavy atom. The van der Waals surface area contributed by atoms with Crippen LogP contribution in [-0.2, 0) is 9.13 Å². The lowest BCUT2D eigenvalue weighted by Crippen LogP contribution is -1.77. The molecule has 0 heterocycles. The van der Waals surface area contributed by atoms with Crippen molar-refractivity contribution in [3.8, 4) is 0 Å². The third-order valence-electron chi connectivity index (χ3n) is 1.46. The van der Waals surface area contributed by atoms with Crippen molar-refractivity contribution in [3.63, 3.8) is 0 Å². The maximum atomic E-state index is 10.0. The van der Waals surface area contributed by atoms with Crippen molar-refractivity contribution in [1.82, 2.24) is 0 Å². The number of rotatable bonds is 2. The molecular formula is C8H14O5P2S. The van der Waals surface area contributed by atoms with Crippen molar-refractivity contribution in [2.45, 2.75) is 4.90 Å². The minimum atomic E-state index is -4.74. The molecule has 1 aromatic rings. The van der Waals surface area contributed by atoms with Gasteiger partial charge in [0.1, 0.15) is 0 Å². The van der Waals surface area contributed by atoms with Gasteiger partial charge in [0.05, 0.1) is 0 Å². The van der Waals surface area contributed by atoms with Crippen molar-refractivity contribution in [2.75, 3.05) is 12.9 Å². The molecule has 0 fully saturated rings. The van der Waals surface area contributed by atoms with E-state index >= 15 is 0 Å². The Labute approximate surface area is 98.4 Å². The summed E-state index contributed by atoms with van der Waals surface area (Å²) in [7, 11) is -8.92. The first-order valence-corrected chi connectivity index (χ1v) is 9.78. The van der Waals surface area contributed by atoms with Gasteiger partial charge in [-0.15, -0.1) is 11.8 Å². The Morgan fingerprint density at radius 1 is 1.06 bits per heavy atom. The van der Waals surface area contributed by atoms with Crippen LogP contribution in [0, 0.1) is 0 Å². The van der Waals surface area contributed by atoms with Gasteiger partial charge in [-0.2, -0.15) is 0 Å². The second-order valence-electron chi connectivity index (χ2n) is 2.87. The van der Waals surface area contributed by atoms with E-state index in [2.05, 4.69) is 18.4 Å². The fourth-order valence-electron chi connectivity index (χ4n) is 0.557. The summed E-state index contributed by atoms with van der Waals surface area (Å²) in [6.45, 7) is 0.619. The zero-order chi connectivity index (χ0) is 12.8. The molecule has 0 aliphatic heterocycles. The molecule has 1 aromatic carbocycles. The van der Waals surface area contributed by atoms with Gasteiger partial charge in [-0.3, -0.25) is 4.57 Å². The van der Waals surface area contributed by atoms with Gasteiger partial charge in [0, 0.05) is 11.6 Å². The lowest BCUT2D eigenvalue weighted by Gasteiger charge is -2.04. The summed E-state index contributed by atoms with van der Waals surface area (Å²) in [6, 6.07) is 10.3. The summed E-state index contributed by atoms with van der Waals surface area (Å²) in [5.41, 5.74) is 0. The van der Waals surface area contributed by atoms with Crippen LogP contribution in [0.4, 0.5) is 0 Å². The van der Waals surface area contributed by atoms with E-state index < -0.39 is 14.3 Å². The van der Waals surface area contributed by atoms with E-state index in [1.54, 1.807) is 11.8 Å². The Bertz CT molecular complexity index is 376. The molecule has 1 rings (SSSR count). The van der Waals surface area contributed by atoms with Gasteiger partial charge < -0.3 is 14.7 Å². The molecule has 0 amide bonds. The lowest BCUT2D eigenvalue weighted by atomic mass is 10.4. The third kappa shape index (κ3) is 6.48. The van der Waals surface area contributed by atoms with E-state index in [0.717, 1.165) is 0 Å². The van der Waals surface area contributed by atoms with Crippen LogP contribution >= 0.6 is 26.1 Å². The quantitative estimate of drug-likeness (QED) is 0.570. The Kier molecular flexibility index (Phi) is 6.56. The normalized spacial score (nSPS) is 14.6. The molecule has 0 saturated heterocycles. The largest absolute Gasteiger partial charge is 0.407 e. The number of hydrogen-bond acceptors (Lipinski definition) is 3. The smallest absolute Gasteiger partial charge is 0.336 e. The topological polar surface area (TPSA) is 94.8 Å². The molecule has 3 N–H and O–H groups in total. The third-order valence-corrected chi connectivity index (χ3v) is 6.07. The first-order chi connectivity index (χ1) is 7.18. The van der Waals surface area contributed by atoms with E-state index in [1.807, 2.05) is 18.2 Å². The van der Waals surface area contributed by atoms with Crippen LogP contribution in [0.2, 0.25) is 0 Å². The summed E-state index contributed by atoms with van der Waals surface area (Å²) in [6.07, 6.45) is 2.08. The minimum absolute atomic E-state index is 0.619. The van der Waals surface area contributed by atoms with Gasteiger partial charge in [0.25, 0.3) is 0 Å². The zero-order valence-electron chi connectivity index (χ0n) is 8.85. The van der Waals surface area contributed by atoms with Crippen LogP contribution in [0.5, 0.6) is 0 Å². The highest BCUT2D eigenvalue weighted by atomic mass is 32.2. The predicted molar refractivity (Wildman–Crippen MR) is 66.0 cm³/mol. The van der Waals surface area contributed by atoms with E-state index in [9.17, 15) is 9.13 Å². The number of benzene rings is 1. The molecular weight excluding hydrogens is 270 g/mol. The maximum absolute atomic E-state index is 10.0. The molecule has 16 heavy (non-hydrogen) atoms. The van der Waals surface area contributed by atoms with Gasteiger partial charge in [-0.05, 0) is 18.4 Å². The highest BCUT2D eigenvalue weighted by Crippen LogP contribution is 2.71. The first kappa shape index (κ1) is 15.9. The molecule has 0 aliphatic rings. The number of thioether (sulfide) groups is 1. The van der Waals surface area contributed by atoms with Crippen molar-refractivity contribution in [1.29, 1.82) is 0 Å². The Balaban J connectivity index is 0.000000281. The first-order valence-electron chi connectivity index (χ1n) is 4.14. The molecule has 1 unspecified atom stereocenters. The second kappa shape index (κ2) is 6.60. The molecule has 0 bridgehead atoms. The van der Waals surface area contributed by atoms with E-state index in [-0.39, 0.29) is 0 Å². The van der Waals surface area contributed by atoms with Gasteiger partial charge in [0.15, 0.2) is 0 Å². The van der Waals surface area contributed by atoms with Crippen LogP contribution < -0.4 is 0 Å². The van der Waals surface area contributed by atoms with Gasteiger partial charge >= 0.3 is 14.3 Å². The SMILES string of the molecule is CP(=O)(O)P(=O)(O)O.CSc1ccccc1. The summed E-state index contributed by atoms with van der Waals surface area (Å²) in [4.78, 5) is 25.4. The van der Waals surface area contributed by atoms with Crippen molar-refractivity contribution < 1.29 is 23.8 Å². The molecule has 5 nitrogen and oxygen atoms in total. The van der Waals surface area contributed by atoms with Gasteiger partial charge in [-0.25, -0.2) is 4.57 Å². The van der Waals surface area contributed by atoms with Crippen molar-refractivity contribution in [3.05, 3.63) is 30.3 Å². The minimum Gasteiger partial charge on any atom is -0.336 e. The van der Waals surface area contributed by atoms with Crippen LogP contribution in [0.1, 0.15) is 0 Å². The summed E-state index contributed by atoms with van der Waals surface area (Å²) in [5, 5.41) is 0. The zero-order valence-corrected chi connectivity index (χ0v) is 11.5. The highest BCUT2D eigenvalue weighted by Gasteiger charge is 2.33. The monoisotopic (exact) mass is 284 g/mol. The Morgan fingerprint density at radius 2 is 1.44 bits per heavy atom. The second-order valence-corrected chi connectivity index (χ2v) is 10.2. The average Bonchev–Trinajstić information content (AvgIpc) is 2.17. The number of hydrogen-bond donors (Lipinski definition) is 3. The van der Waals surface area contributed by atoms with E-state index in [1.165, 1.54) is 4.90 Å².